The third-order valence-corrected chi connectivity index (χ3v) is 4.75. The fourth-order valence-electron chi connectivity index (χ4n) is 1.83. The summed E-state index contributed by atoms with van der Waals surface area (Å²) >= 11 is 5.87. The minimum Gasteiger partial charge on any atom is -0.495 e. The second-order valence-corrected chi connectivity index (χ2v) is 6.83. The Kier molecular flexibility index (Phi) is 5.41. The van der Waals surface area contributed by atoms with Crippen molar-refractivity contribution in [3.8, 4) is 5.75 Å². The fraction of sp³-hybridized carbons (Fsp3) is 0.308. The minimum atomic E-state index is -4.54. The quantitative estimate of drug-likeness (QED) is 0.832. The van der Waals surface area contributed by atoms with Crippen molar-refractivity contribution in [3.05, 3.63) is 41.2 Å². The van der Waals surface area contributed by atoms with Gasteiger partial charge in [-0.25, -0.2) is 13.1 Å². The maximum atomic E-state index is 12.4. The number of sulfonamides is 1. The summed E-state index contributed by atoms with van der Waals surface area (Å²) < 4.78 is 69.7. The van der Waals surface area contributed by atoms with E-state index in [0.29, 0.717) is 5.75 Å². The van der Waals surface area contributed by atoms with Gasteiger partial charge in [-0.15, -0.1) is 0 Å². The molecule has 11 heteroatoms. The second kappa shape index (κ2) is 6.99. The van der Waals surface area contributed by atoms with Gasteiger partial charge < -0.3 is 4.74 Å². The van der Waals surface area contributed by atoms with Gasteiger partial charge in [0.2, 0.25) is 10.0 Å². The lowest BCUT2D eigenvalue weighted by Gasteiger charge is -2.09. The molecule has 2 aromatic rings. The number of methoxy groups -OCH3 is 1. The summed E-state index contributed by atoms with van der Waals surface area (Å²) in [4.78, 5) is -0.0789. The van der Waals surface area contributed by atoms with E-state index in [-0.39, 0.29) is 23.0 Å². The summed E-state index contributed by atoms with van der Waals surface area (Å²) in [6.07, 6.45) is -3.41. The molecule has 0 saturated heterocycles. The highest BCUT2D eigenvalue weighted by Crippen LogP contribution is 2.27. The third kappa shape index (κ3) is 4.40. The molecule has 0 amide bonds. The molecule has 0 fully saturated rings. The lowest BCUT2D eigenvalue weighted by atomic mass is 10.3. The number of nitrogens with one attached hydrogen (secondary N) is 1. The average Bonchev–Trinajstić information content (AvgIpc) is 2.96. The van der Waals surface area contributed by atoms with Gasteiger partial charge in [0.05, 0.1) is 23.6 Å². The summed E-state index contributed by atoms with van der Waals surface area (Å²) in [5, 5.41) is 3.46. The Labute approximate surface area is 141 Å². The molecule has 1 aromatic carbocycles. The van der Waals surface area contributed by atoms with E-state index in [0.717, 1.165) is 16.9 Å². The second-order valence-electron chi connectivity index (χ2n) is 4.66. The van der Waals surface area contributed by atoms with Crippen LogP contribution in [-0.2, 0) is 22.7 Å². The third-order valence-electron chi connectivity index (χ3n) is 3.00. The summed E-state index contributed by atoms with van der Waals surface area (Å²) in [5.41, 5.74) is -1.03. The Morgan fingerprint density at radius 1 is 1.33 bits per heavy atom. The van der Waals surface area contributed by atoms with Gasteiger partial charge in [0.25, 0.3) is 0 Å². The Morgan fingerprint density at radius 3 is 2.58 bits per heavy atom. The van der Waals surface area contributed by atoms with Crippen LogP contribution in [0.3, 0.4) is 0 Å². The normalized spacial score (nSPS) is 12.4. The number of ether oxygens (including phenoxy) is 1. The largest absolute Gasteiger partial charge is 0.495 e. The van der Waals surface area contributed by atoms with Crippen LogP contribution in [0.4, 0.5) is 13.2 Å². The molecule has 0 aliphatic heterocycles. The smallest absolute Gasteiger partial charge is 0.435 e. The van der Waals surface area contributed by atoms with Crippen LogP contribution in [0, 0.1) is 0 Å². The van der Waals surface area contributed by atoms with Crippen molar-refractivity contribution in [2.75, 3.05) is 13.7 Å². The molecule has 6 nitrogen and oxygen atoms in total. The topological polar surface area (TPSA) is 73.2 Å². The van der Waals surface area contributed by atoms with Crippen molar-refractivity contribution < 1.29 is 26.3 Å². The van der Waals surface area contributed by atoms with Gasteiger partial charge in [-0.3, -0.25) is 4.68 Å². The summed E-state index contributed by atoms with van der Waals surface area (Å²) in [5.74, 6) is 0.326. The van der Waals surface area contributed by atoms with Crippen molar-refractivity contribution in [1.29, 1.82) is 0 Å². The number of benzene rings is 1. The lowest BCUT2D eigenvalue weighted by molar-refractivity contribution is -0.141. The molecule has 24 heavy (non-hydrogen) atoms. The van der Waals surface area contributed by atoms with Crippen LogP contribution < -0.4 is 9.46 Å². The van der Waals surface area contributed by atoms with Crippen molar-refractivity contribution in [2.45, 2.75) is 17.6 Å². The van der Waals surface area contributed by atoms with E-state index < -0.39 is 21.9 Å². The van der Waals surface area contributed by atoms with E-state index in [4.69, 9.17) is 16.3 Å². The lowest BCUT2D eigenvalue weighted by Crippen LogP contribution is -2.27. The van der Waals surface area contributed by atoms with Gasteiger partial charge in [0.1, 0.15) is 5.75 Å². The Balaban J connectivity index is 2.00. The summed E-state index contributed by atoms with van der Waals surface area (Å²) in [6, 6.07) is 4.75. The standard InChI is InChI=1S/C13H13ClF3N3O3S/c1-23-11-3-2-9(8-10(11)14)24(21,22)18-5-7-20-6-4-12(19-20)13(15,16)17/h2-4,6,8,18H,5,7H2,1H3. The molecule has 0 saturated carbocycles. The van der Waals surface area contributed by atoms with E-state index in [1.807, 2.05) is 0 Å². The summed E-state index contributed by atoms with van der Waals surface area (Å²) in [7, 11) is -2.46. The van der Waals surface area contributed by atoms with Gasteiger partial charge in [0.15, 0.2) is 5.69 Å². The Bertz CT molecular complexity index is 821. The maximum Gasteiger partial charge on any atom is 0.435 e. The van der Waals surface area contributed by atoms with Crippen LogP contribution in [0.25, 0.3) is 0 Å². The van der Waals surface area contributed by atoms with Gasteiger partial charge in [-0.05, 0) is 24.3 Å². The van der Waals surface area contributed by atoms with Crippen LogP contribution in [0.2, 0.25) is 5.02 Å². The number of rotatable bonds is 6. The summed E-state index contributed by atoms with van der Waals surface area (Å²) in [6.45, 7) is -0.190. The average molecular weight is 384 g/mol. The van der Waals surface area contributed by atoms with Crippen molar-refractivity contribution in [1.82, 2.24) is 14.5 Å². The zero-order chi connectivity index (χ0) is 18.0. The molecule has 0 spiro atoms. The van der Waals surface area contributed by atoms with Crippen LogP contribution in [0.1, 0.15) is 5.69 Å². The van der Waals surface area contributed by atoms with E-state index in [9.17, 15) is 21.6 Å². The SMILES string of the molecule is COc1ccc(S(=O)(=O)NCCn2ccc(C(F)(F)F)n2)cc1Cl. The molecule has 0 atom stereocenters. The van der Waals surface area contributed by atoms with E-state index in [1.54, 1.807) is 0 Å². The fourth-order valence-corrected chi connectivity index (χ4v) is 3.20. The first-order valence-corrected chi connectivity index (χ1v) is 8.43. The molecule has 132 valence electrons. The van der Waals surface area contributed by atoms with E-state index in [1.165, 1.54) is 25.3 Å². The van der Waals surface area contributed by atoms with Crippen LogP contribution in [0.15, 0.2) is 35.4 Å². The van der Waals surface area contributed by atoms with Crippen LogP contribution in [-0.4, -0.2) is 31.9 Å². The first-order valence-electron chi connectivity index (χ1n) is 6.57. The molecule has 1 aromatic heterocycles. The molecule has 0 radical (unpaired) electrons. The van der Waals surface area contributed by atoms with Gasteiger partial charge in [0, 0.05) is 12.7 Å². The predicted molar refractivity (Wildman–Crippen MR) is 80.4 cm³/mol. The number of hydrogen-bond acceptors (Lipinski definition) is 4. The number of aromatic nitrogens is 2. The molecule has 1 N–H and O–H groups in total. The highest BCUT2D eigenvalue weighted by molar-refractivity contribution is 7.89. The number of halogens is 4. The van der Waals surface area contributed by atoms with Crippen LogP contribution >= 0.6 is 11.6 Å². The van der Waals surface area contributed by atoms with Gasteiger partial charge >= 0.3 is 6.18 Å². The zero-order valence-electron chi connectivity index (χ0n) is 12.3. The monoisotopic (exact) mass is 383 g/mol. The number of nitrogens with zero attached hydrogens (tertiary/aromatic N) is 2. The maximum absolute atomic E-state index is 12.4. The Morgan fingerprint density at radius 2 is 2.04 bits per heavy atom. The van der Waals surface area contributed by atoms with Gasteiger partial charge in [-0.2, -0.15) is 18.3 Å². The van der Waals surface area contributed by atoms with Crippen molar-refractivity contribution in [2.24, 2.45) is 0 Å². The van der Waals surface area contributed by atoms with Crippen molar-refractivity contribution in [3.63, 3.8) is 0 Å². The zero-order valence-corrected chi connectivity index (χ0v) is 13.9. The highest BCUT2D eigenvalue weighted by atomic mass is 35.5. The van der Waals surface area contributed by atoms with E-state index >= 15 is 0 Å². The predicted octanol–water partition coefficient (Wildman–Crippen LogP) is 2.54. The first-order chi connectivity index (χ1) is 11.1. The molecular formula is C13H13ClF3N3O3S. The number of hydrogen-bond donors (Lipinski definition) is 1. The molecule has 0 aliphatic carbocycles. The van der Waals surface area contributed by atoms with E-state index in [2.05, 4.69) is 9.82 Å². The molecule has 2 rings (SSSR count). The Hall–Kier alpha value is -1.78. The van der Waals surface area contributed by atoms with Crippen molar-refractivity contribution >= 4 is 21.6 Å². The molecule has 1 heterocycles. The number of alkyl halides is 3. The van der Waals surface area contributed by atoms with Gasteiger partial charge in [-0.1, -0.05) is 11.6 Å². The first kappa shape index (κ1) is 18.6. The molecular weight excluding hydrogens is 371 g/mol. The van der Waals surface area contributed by atoms with Crippen LogP contribution in [0.5, 0.6) is 5.75 Å². The molecule has 0 bridgehead atoms. The molecule has 0 aliphatic rings. The molecule has 0 unspecified atom stereocenters. The minimum absolute atomic E-state index is 0.0564. The highest BCUT2D eigenvalue weighted by Gasteiger charge is 2.33.